The van der Waals surface area contributed by atoms with Gasteiger partial charge in [-0.1, -0.05) is 11.4 Å². The van der Waals surface area contributed by atoms with Gasteiger partial charge in [0.2, 0.25) is 5.69 Å². The van der Waals surface area contributed by atoms with E-state index in [-0.39, 0.29) is 0 Å². The fourth-order valence-electron chi connectivity index (χ4n) is 0.896. The number of hydrogen-bond donors (Lipinski definition) is 4. The molecular weight excluding hydrogens is 239 g/mol. The third-order valence-electron chi connectivity index (χ3n) is 1.54. The molecule has 0 aromatic carbocycles. The first kappa shape index (κ1) is 14.8. The van der Waals surface area contributed by atoms with E-state index in [0.29, 0.717) is 5.75 Å². The normalized spacial score (nSPS) is 11.9. The lowest BCUT2D eigenvalue weighted by molar-refractivity contribution is 0.502. The summed E-state index contributed by atoms with van der Waals surface area (Å²) < 4.78 is 0. The Morgan fingerprint density at radius 2 is 1.86 bits per heavy atom. The van der Waals surface area contributed by atoms with E-state index in [2.05, 4.69) is 22.4 Å². The van der Waals surface area contributed by atoms with Gasteiger partial charge >= 0.3 is 0 Å². The molecular formula is C7H19N2O2PS2. The molecule has 0 aliphatic rings. The van der Waals surface area contributed by atoms with Crippen molar-refractivity contribution in [3.63, 3.8) is 0 Å². The summed E-state index contributed by atoms with van der Waals surface area (Å²) in [6.07, 6.45) is 2.03. The molecule has 14 heavy (non-hydrogen) atoms. The standard InChI is InChI=1S/C7H19N2O2PS2/c1-8-4-2-5-9-6-3-7-14-12(10,11)13/h8-9H,2-7H2,1H3,(H2,10,11,13). The van der Waals surface area contributed by atoms with Crippen molar-refractivity contribution in [2.24, 2.45) is 0 Å². The molecule has 0 unspecified atom stereocenters. The second-order valence-corrected chi connectivity index (χ2v) is 9.06. The molecule has 7 heteroatoms. The minimum atomic E-state index is -3.02. The molecule has 0 amide bonds. The average Bonchev–Trinajstić information content (AvgIpc) is 2.08. The molecule has 0 radical (unpaired) electrons. The van der Waals surface area contributed by atoms with Crippen LogP contribution in [0.3, 0.4) is 0 Å². The molecule has 0 spiro atoms. The molecule has 4 nitrogen and oxygen atoms in total. The molecule has 0 saturated carbocycles. The van der Waals surface area contributed by atoms with E-state index in [9.17, 15) is 0 Å². The molecule has 0 aliphatic carbocycles. The summed E-state index contributed by atoms with van der Waals surface area (Å²) >= 11 is 5.56. The zero-order chi connectivity index (χ0) is 10.9. The van der Waals surface area contributed by atoms with Gasteiger partial charge in [0.1, 0.15) is 0 Å². The van der Waals surface area contributed by atoms with Crippen LogP contribution in [0.2, 0.25) is 0 Å². The minimum absolute atomic E-state index is 0.712. The van der Waals surface area contributed by atoms with Crippen LogP contribution in [0, 0.1) is 0 Å². The molecule has 0 aliphatic heterocycles. The van der Waals surface area contributed by atoms with Crippen LogP contribution < -0.4 is 10.6 Å². The first-order valence-electron chi connectivity index (χ1n) is 4.61. The van der Waals surface area contributed by atoms with E-state index >= 15 is 0 Å². The van der Waals surface area contributed by atoms with Gasteiger partial charge < -0.3 is 20.4 Å². The molecule has 0 heterocycles. The first-order valence-corrected chi connectivity index (χ1v) is 8.91. The van der Waals surface area contributed by atoms with Crippen LogP contribution in [0.4, 0.5) is 0 Å². The summed E-state index contributed by atoms with van der Waals surface area (Å²) in [7, 11) is 1.94. The highest BCUT2D eigenvalue weighted by atomic mass is 32.9. The SMILES string of the molecule is CNCCCNCCCSP(O)(O)=S. The van der Waals surface area contributed by atoms with Gasteiger partial charge in [0.05, 0.1) is 0 Å². The van der Waals surface area contributed by atoms with E-state index in [1.807, 2.05) is 7.05 Å². The topological polar surface area (TPSA) is 64.5 Å². The van der Waals surface area contributed by atoms with Crippen LogP contribution in [0.5, 0.6) is 0 Å². The van der Waals surface area contributed by atoms with Gasteiger partial charge in [0.25, 0.3) is 0 Å². The van der Waals surface area contributed by atoms with Crippen molar-refractivity contribution in [2.45, 2.75) is 12.8 Å². The largest absolute Gasteiger partial charge is 0.338 e. The van der Waals surface area contributed by atoms with Crippen LogP contribution >= 0.6 is 17.1 Å². The van der Waals surface area contributed by atoms with Gasteiger partial charge in [-0.05, 0) is 51.3 Å². The van der Waals surface area contributed by atoms with E-state index in [4.69, 9.17) is 9.79 Å². The fraction of sp³-hybridized carbons (Fsp3) is 1.00. The van der Waals surface area contributed by atoms with Crippen LogP contribution in [-0.4, -0.2) is 42.2 Å². The molecule has 0 bridgehead atoms. The van der Waals surface area contributed by atoms with E-state index in [1.165, 1.54) is 0 Å². The number of rotatable bonds is 9. The molecule has 0 saturated heterocycles. The summed E-state index contributed by atoms with van der Waals surface area (Å²) in [5, 5.41) is 6.34. The summed E-state index contributed by atoms with van der Waals surface area (Å²) in [5.41, 5.74) is -3.02. The number of hydrogen-bond acceptors (Lipinski definition) is 4. The highest BCUT2D eigenvalue weighted by Gasteiger charge is 2.06. The van der Waals surface area contributed by atoms with E-state index in [1.54, 1.807) is 0 Å². The Balaban J connectivity index is 3.03. The molecule has 0 fully saturated rings. The molecule has 4 N–H and O–H groups in total. The van der Waals surface area contributed by atoms with Crippen molar-refractivity contribution in [3.8, 4) is 0 Å². The van der Waals surface area contributed by atoms with Crippen molar-refractivity contribution < 1.29 is 9.79 Å². The Morgan fingerprint density at radius 1 is 1.21 bits per heavy atom. The summed E-state index contributed by atoms with van der Waals surface area (Å²) in [5.74, 6) is 0.712. The summed E-state index contributed by atoms with van der Waals surface area (Å²) in [6, 6.07) is 0. The van der Waals surface area contributed by atoms with E-state index in [0.717, 1.165) is 43.9 Å². The van der Waals surface area contributed by atoms with Gasteiger partial charge in [0.15, 0.2) is 0 Å². The maximum absolute atomic E-state index is 8.91. The lowest BCUT2D eigenvalue weighted by atomic mass is 10.4. The smallest absolute Gasteiger partial charge is 0.242 e. The maximum Gasteiger partial charge on any atom is 0.242 e. The highest BCUT2D eigenvalue weighted by Crippen LogP contribution is 2.50. The van der Waals surface area contributed by atoms with Crippen LogP contribution in [-0.2, 0) is 11.8 Å². The summed E-state index contributed by atoms with van der Waals surface area (Å²) in [6.45, 7) is 2.93. The second-order valence-electron chi connectivity index (χ2n) is 2.88. The zero-order valence-corrected chi connectivity index (χ0v) is 10.9. The second kappa shape index (κ2) is 9.09. The highest BCUT2D eigenvalue weighted by molar-refractivity contribution is 8.67. The Bertz CT molecular complexity index is 177. The third kappa shape index (κ3) is 12.8. The third-order valence-corrected chi connectivity index (χ3v) is 4.85. The molecule has 0 rings (SSSR count). The van der Waals surface area contributed by atoms with Crippen molar-refractivity contribution in [3.05, 3.63) is 0 Å². The monoisotopic (exact) mass is 258 g/mol. The van der Waals surface area contributed by atoms with Gasteiger partial charge in [-0.2, -0.15) is 0 Å². The minimum Gasteiger partial charge on any atom is -0.338 e. The molecule has 0 aromatic heterocycles. The Hall–Kier alpha value is 0.840. The van der Waals surface area contributed by atoms with Gasteiger partial charge in [-0.15, -0.1) is 0 Å². The van der Waals surface area contributed by atoms with Crippen LogP contribution in [0.25, 0.3) is 0 Å². The Morgan fingerprint density at radius 3 is 2.43 bits per heavy atom. The van der Waals surface area contributed by atoms with Crippen molar-refractivity contribution >= 4 is 28.9 Å². The predicted molar refractivity (Wildman–Crippen MR) is 67.2 cm³/mol. The average molecular weight is 258 g/mol. The lowest BCUT2D eigenvalue weighted by Gasteiger charge is -2.07. The number of nitrogens with one attached hydrogen (secondary N) is 2. The quantitative estimate of drug-likeness (QED) is 0.357. The van der Waals surface area contributed by atoms with E-state index < -0.39 is 5.69 Å². The Labute approximate surface area is 94.8 Å². The first-order chi connectivity index (χ1) is 6.56. The zero-order valence-electron chi connectivity index (χ0n) is 8.40. The molecule has 0 atom stereocenters. The summed E-state index contributed by atoms with van der Waals surface area (Å²) in [4.78, 5) is 17.8. The van der Waals surface area contributed by atoms with Crippen molar-refractivity contribution in [1.82, 2.24) is 10.6 Å². The Kier molecular flexibility index (Phi) is 9.64. The predicted octanol–water partition coefficient (Wildman–Crippen LogP) is 0.518. The van der Waals surface area contributed by atoms with Gasteiger partial charge in [-0.3, -0.25) is 0 Å². The maximum atomic E-state index is 8.91. The molecule has 86 valence electrons. The van der Waals surface area contributed by atoms with Crippen LogP contribution in [0.1, 0.15) is 12.8 Å². The van der Waals surface area contributed by atoms with Gasteiger partial charge in [0, 0.05) is 5.75 Å². The lowest BCUT2D eigenvalue weighted by Crippen LogP contribution is -2.21. The fourth-order valence-corrected chi connectivity index (χ4v) is 3.18. The van der Waals surface area contributed by atoms with Crippen molar-refractivity contribution in [1.29, 1.82) is 0 Å². The van der Waals surface area contributed by atoms with Gasteiger partial charge in [-0.25, -0.2) is 0 Å². The van der Waals surface area contributed by atoms with Crippen molar-refractivity contribution in [2.75, 3.05) is 32.4 Å². The molecule has 0 aromatic rings. The van der Waals surface area contributed by atoms with Crippen LogP contribution in [0.15, 0.2) is 0 Å².